The predicted molar refractivity (Wildman–Crippen MR) is 102 cm³/mol. The van der Waals surface area contributed by atoms with E-state index >= 15 is 0 Å². The second kappa shape index (κ2) is 6.74. The van der Waals surface area contributed by atoms with Crippen molar-refractivity contribution in [3.63, 3.8) is 0 Å². The molecule has 0 radical (unpaired) electrons. The van der Waals surface area contributed by atoms with Gasteiger partial charge in [-0.05, 0) is 65.4 Å². The molecular weight excluding hydrogens is 370 g/mol. The lowest BCUT2D eigenvalue weighted by molar-refractivity contribution is -0.118. The Kier molecular flexibility index (Phi) is 4.42. The fourth-order valence-corrected chi connectivity index (χ4v) is 3.62. The number of tetrazole rings is 1. The monoisotopic (exact) mass is 385 g/mol. The molecule has 6 nitrogen and oxygen atoms in total. The molecular formula is C18H16ClN5OS. The highest BCUT2D eigenvalue weighted by Gasteiger charge is 2.51. The van der Waals surface area contributed by atoms with Crippen LogP contribution < -0.4 is 5.32 Å². The number of halogens is 1. The average molecular weight is 386 g/mol. The zero-order chi connectivity index (χ0) is 18.1. The van der Waals surface area contributed by atoms with Crippen molar-refractivity contribution in [2.24, 2.45) is 0 Å². The summed E-state index contributed by atoms with van der Waals surface area (Å²) in [7, 11) is 0. The minimum Gasteiger partial charge on any atom is -0.325 e. The molecule has 2 aromatic carbocycles. The van der Waals surface area contributed by atoms with Crippen molar-refractivity contribution < 1.29 is 4.79 Å². The molecule has 0 atom stereocenters. The van der Waals surface area contributed by atoms with Gasteiger partial charge in [-0.1, -0.05) is 41.6 Å². The summed E-state index contributed by atoms with van der Waals surface area (Å²) in [5.74, 6) is -0.0151. The highest BCUT2D eigenvalue weighted by Crippen LogP contribution is 2.49. The normalized spacial score (nSPS) is 14.8. The van der Waals surface area contributed by atoms with Gasteiger partial charge in [0.15, 0.2) is 0 Å². The largest absolute Gasteiger partial charge is 0.325 e. The Labute approximate surface area is 159 Å². The molecule has 0 aliphatic heterocycles. The Morgan fingerprint density at radius 1 is 1.23 bits per heavy atom. The van der Waals surface area contributed by atoms with Gasteiger partial charge < -0.3 is 5.32 Å². The number of hydrogen-bond donors (Lipinski definition) is 1. The first-order valence-electron chi connectivity index (χ1n) is 8.13. The molecule has 1 aliphatic carbocycles. The van der Waals surface area contributed by atoms with Crippen LogP contribution in [0.3, 0.4) is 0 Å². The summed E-state index contributed by atoms with van der Waals surface area (Å²) < 4.78 is 1.64. The maximum atomic E-state index is 12.9. The van der Waals surface area contributed by atoms with Crippen LogP contribution in [0.15, 0.2) is 53.7 Å². The number of carbonyl (C=O) groups is 1. The van der Waals surface area contributed by atoms with Crippen LogP contribution in [0.4, 0.5) is 5.69 Å². The van der Waals surface area contributed by atoms with Crippen molar-refractivity contribution in [1.82, 2.24) is 20.2 Å². The SMILES string of the molecule is CSc1nnnn1-c1cccc(NC(=O)C2(c3cccc(Cl)c3)CC2)c1. The van der Waals surface area contributed by atoms with Crippen molar-refractivity contribution in [3.8, 4) is 5.69 Å². The number of aromatic nitrogens is 4. The van der Waals surface area contributed by atoms with E-state index in [1.54, 1.807) is 4.68 Å². The van der Waals surface area contributed by atoms with E-state index in [2.05, 4.69) is 20.8 Å². The number of rotatable bonds is 5. The minimum absolute atomic E-state index is 0.0151. The minimum atomic E-state index is -0.486. The number of benzene rings is 2. The predicted octanol–water partition coefficient (Wildman–Crippen LogP) is 3.71. The third-order valence-electron chi connectivity index (χ3n) is 4.53. The summed E-state index contributed by atoms with van der Waals surface area (Å²) in [5.41, 5.74) is 1.98. The zero-order valence-electron chi connectivity index (χ0n) is 14.0. The molecule has 1 aliphatic rings. The Morgan fingerprint density at radius 2 is 2.04 bits per heavy atom. The van der Waals surface area contributed by atoms with E-state index in [0.717, 1.165) is 24.1 Å². The summed E-state index contributed by atoms with van der Waals surface area (Å²) >= 11 is 7.55. The Bertz CT molecular complexity index is 969. The lowest BCUT2D eigenvalue weighted by atomic mass is 9.95. The zero-order valence-corrected chi connectivity index (χ0v) is 15.6. The van der Waals surface area contributed by atoms with Crippen LogP contribution in [0.2, 0.25) is 5.02 Å². The molecule has 132 valence electrons. The van der Waals surface area contributed by atoms with Gasteiger partial charge in [0.05, 0.1) is 11.1 Å². The summed E-state index contributed by atoms with van der Waals surface area (Å²) in [6.07, 6.45) is 3.56. The number of amides is 1. The molecule has 0 saturated heterocycles. The maximum Gasteiger partial charge on any atom is 0.235 e. The van der Waals surface area contributed by atoms with Gasteiger partial charge in [0, 0.05) is 10.7 Å². The summed E-state index contributed by atoms with van der Waals surface area (Å²) in [5, 5.41) is 16.0. The van der Waals surface area contributed by atoms with Gasteiger partial charge in [0.25, 0.3) is 0 Å². The van der Waals surface area contributed by atoms with Crippen LogP contribution in [0.1, 0.15) is 18.4 Å². The summed E-state index contributed by atoms with van der Waals surface area (Å²) in [6.45, 7) is 0. The molecule has 0 unspecified atom stereocenters. The Balaban J connectivity index is 1.58. The number of nitrogens with one attached hydrogen (secondary N) is 1. The molecule has 0 bridgehead atoms. The standard InChI is InChI=1S/C18H16ClN5OS/c1-26-17-21-22-23-24(17)15-7-3-6-14(11-15)20-16(25)18(8-9-18)12-4-2-5-13(19)10-12/h2-7,10-11H,8-9H2,1H3,(H,20,25). The maximum absolute atomic E-state index is 12.9. The van der Waals surface area contributed by atoms with E-state index in [1.165, 1.54) is 11.8 Å². The van der Waals surface area contributed by atoms with Gasteiger partial charge in [0.2, 0.25) is 11.1 Å². The number of carbonyl (C=O) groups excluding carboxylic acids is 1. The first-order chi connectivity index (χ1) is 12.6. The van der Waals surface area contributed by atoms with Gasteiger partial charge in [-0.15, -0.1) is 5.10 Å². The first kappa shape index (κ1) is 17.1. The molecule has 1 saturated carbocycles. The van der Waals surface area contributed by atoms with Crippen molar-refractivity contribution in [2.45, 2.75) is 23.4 Å². The van der Waals surface area contributed by atoms with Crippen LogP contribution in [0.5, 0.6) is 0 Å². The second-order valence-corrected chi connectivity index (χ2v) is 7.38. The molecule has 1 heterocycles. The van der Waals surface area contributed by atoms with Crippen LogP contribution in [-0.2, 0) is 10.2 Å². The van der Waals surface area contributed by atoms with Crippen molar-refractivity contribution in [1.29, 1.82) is 0 Å². The number of thioether (sulfide) groups is 1. The van der Waals surface area contributed by atoms with Gasteiger partial charge >= 0.3 is 0 Å². The molecule has 4 rings (SSSR count). The molecule has 8 heteroatoms. The Morgan fingerprint density at radius 3 is 2.77 bits per heavy atom. The Hall–Kier alpha value is -2.38. The number of hydrogen-bond acceptors (Lipinski definition) is 5. The van der Waals surface area contributed by atoms with Crippen molar-refractivity contribution in [2.75, 3.05) is 11.6 Å². The molecule has 1 fully saturated rings. The molecule has 1 N–H and O–H groups in total. The van der Waals surface area contributed by atoms with E-state index in [1.807, 2.05) is 54.8 Å². The van der Waals surface area contributed by atoms with Gasteiger partial charge in [-0.2, -0.15) is 4.68 Å². The number of anilines is 1. The fraction of sp³-hybridized carbons (Fsp3) is 0.222. The highest BCUT2D eigenvalue weighted by atomic mass is 35.5. The van der Waals surface area contributed by atoms with E-state index in [0.29, 0.717) is 15.9 Å². The molecule has 1 amide bonds. The van der Waals surface area contributed by atoms with E-state index in [9.17, 15) is 4.79 Å². The summed E-state index contributed by atoms with van der Waals surface area (Å²) in [6, 6.07) is 15.0. The quantitative estimate of drug-likeness (QED) is 0.678. The lowest BCUT2D eigenvalue weighted by Gasteiger charge is -2.16. The van der Waals surface area contributed by atoms with Crippen LogP contribution >= 0.6 is 23.4 Å². The fourth-order valence-electron chi connectivity index (χ4n) is 2.99. The molecule has 3 aromatic rings. The number of nitrogens with zero attached hydrogens (tertiary/aromatic N) is 4. The van der Waals surface area contributed by atoms with Crippen molar-refractivity contribution in [3.05, 3.63) is 59.1 Å². The van der Waals surface area contributed by atoms with Gasteiger partial charge in [-0.3, -0.25) is 4.79 Å². The first-order valence-corrected chi connectivity index (χ1v) is 9.73. The molecule has 0 spiro atoms. The van der Waals surface area contributed by atoms with Gasteiger partial charge in [0.1, 0.15) is 0 Å². The lowest BCUT2D eigenvalue weighted by Crippen LogP contribution is -2.27. The van der Waals surface area contributed by atoms with Crippen molar-refractivity contribution >= 4 is 35.0 Å². The van der Waals surface area contributed by atoms with Crippen LogP contribution in [0.25, 0.3) is 5.69 Å². The third-order valence-corrected chi connectivity index (χ3v) is 5.39. The van der Waals surface area contributed by atoms with E-state index in [-0.39, 0.29) is 5.91 Å². The summed E-state index contributed by atoms with van der Waals surface area (Å²) in [4.78, 5) is 12.9. The van der Waals surface area contributed by atoms with E-state index < -0.39 is 5.41 Å². The third kappa shape index (κ3) is 3.08. The molecule has 1 aromatic heterocycles. The average Bonchev–Trinajstić information content (AvgIpc) is 3.33. The van der Waals surface area contributed by atoms with E-state index in [4.69, 9.17) is 11.6 Å². The molecule has 26 heavy (non-hydrogen) atoms. The van der Waals surface area contributed by atoms with Crippen LogP contribution in [-0.4, -0.2) is 32.4 Å². The topological polar surface area (TPSA) is 72.7 Å². The van der Waals surface area contributed by atoms with Gasteiger partial charge in [-0.25, -0.2) is 0 Å². The smallest absolute Gasteiger partial charge is 0.235 e. The highest BCUT2D eigenvalue weighted by molar-refractivity contribution is 7.98. The second-order valence-electron chi connectivity index (χ2n) is 6.17. The van der Waals surface area contributed by atoms with Crippen LogP contribution in [0, 0.1) is 0 Å².